The standard InChI is InChI=1S/C25H31FN4O7/c1-28-14-8-11(9-29-5-4-26)19(31)16-12(14)6-10-7-13-18(30(2)3)21(33)17(24(27)36)23(35)25(13,37)22(34)15(10)20(16)32/h8,10,13,18,28-29,31-32,35,37H,4-7,9H2,1-3H3,(H2,27,36)/t10-,13-,18-,25-/m0/s1. The van der Waals surface area contributed by atoms with Crippen LogP contribution < -0.4 is 16.4 Å². The highest BCUT2D eigenvalue weighted by Crippen LogP contribution is 2.53. The number of carbonyl (C=O) groups is 3. The lowest BCUT2D eigenvalue weighted by atomic mass is 9.57. The Balaban J connectivity index is 1.93. The third-order valence-corrected chi connectivity index (χ3v) is 7.66. The number of aliphatic hydroxyl groups excluding tert-OH is 2. The first kappa shape index (κ1) is 26.6. The Morgan fingerprint density at radius 2 is 1.95 bits per heavy atom. The molecule has 0 aromatic heterocycles. The van der Waals surface area contributed by atoms with Gasteiger partial charge in [-0.15, -0.1) is 0 Å². The van der Waals surface area contributed by atoms with Crippen molar-refractivity contribution in [2.45, 2.75) is 31.0 Å². The predicted molar refractivity (Wildman–Crippen MR) is 131 cm³/mol. The fraction of sp³-hybridized carbons (Fsp3) is 0.480. The van der Waals surface area contributed by atoms with Crippen molar-refractivity contribution < 1.29 is 39.2 Å². The summed E-state index contributed by atoms with van der Waals surface area (Å²) in [5.41, 5.74) is 2.99. The number of aliphatic hydroxyl groups is 3. The number of fused-ring (bicyclic) bond motifs is 3. The maximum Gasteiger partial charge on any atom is 0.255 e. The van der Waals surface area contributed by atoms with E-state index in [0.717, 1.165) is 0 Å². The maximum atomic E-state index is 13.9. The number of alkyl halides is 1. The SMILES string of the molecule is CNc1cc(CNCCF)c(O)c2c1C[C@H]1C[C@H]3[C@H](N(C)C)C(=O)C(C(N)=O)=C(O)[C@@]3(O)C(=O)C1=C2O. The third-order valence-electron chi connectivity index (χ3n) is 7.66. The second-order valence-corrected chi connectivity index (χ2v) is 9.86. The molecule has 1 amide bonds. The third kappa shape index (κ3) is 3.78. The van der Waals surface area contributed by atoms with Gasteiger partial charge in [-0.05, 0) is 44.5 Å². The predicted octanol–water partition coefficient (Wildman–Crippen LogP) is 0.0648. The van der Waals surface area contributed by atoms with Crippen LogP contribution in [0.1, 0.15) is 23.1 Å². The minimum Gasteiger partial charge on any atom is -0.508 e. The van der Waals surface area contributed by atoms with Crippen molar-refractivity contribution in [3.63, 3.8) is 0 Å². The number of likely N-dealkylation sites (N-methyl/N-ethyl adjacent to an activating group) is 1. The topological polar surface area (TPSA) is 185 Å². The molecule has 0 heterocycles. The number of hydrogen-bond donors (Lipinski definition) is 7. The Hall–Kier alpha value is -3.48. The molecule has 4 rings (SSSR count). The number of phenolic OH excluding ortho intramolecular Hbond substituents is 1. The van der Waals surface area contributed by atoms with Gasteiger partial charge in [0.2, 0.25) is 5.78 Å². The monoisotopic (exact) mass is 518 g/mol. The van der Waals surface area contributed by atoms with Crippen LogP contribution in [0, 0.1) is 11.8 Å². The van der Waals surface area contributed by atoms with E-state index in [0.29, 0.717) is 16.8 Å². The Morgan fingerprint density at radius 3 is 2.51 bits per heavy atom. The zero-order valence-corrected chi connectivity index (χ0v) is 20.8. The van der Waals surface area contributed by atoms with Crippen LogP contribution in [0.25, 0.3) is 5.76 Å². The van der Waals surface area contributed by atoms with Gasteiger partial charge in [0.25, 0.3) is 5.91 Å². The number of phenols is 1. The molecule has 0 saturated heterocycles. The molecule has 1 saturated carbocycles. The van der Waals surface area contributed by atoms with E-state index in [1.54, 1.807) is 27.2 Å². The summed E-state index contributed by atoms with van der Waals surface area (Å²) in [5.74, 6) is -6.97. The smallest absolute Gasteiger partial charge is 0.255 e. The first-order valence-corrected chi connectivity index (χ1v) is 11.9. The van der Waals surface area contributed by atoms with Gasteiger partial charge in [-0.1, -0.05) is 0 Å². The van der Waals surface area contributed by atoms with Crippen LogP contribution >= 0.6 is 0 Å². The van der Waals surface area contributed by atoms with Gasteiger partial charge < -0.3 is 36.8 Å². The number of primary amides is 1. The first-order chi connectivity index (χ1) is 17.4. The van der Waals surface area contributed by atoms with Gasteiger partial charge in [-0.3, -0.25) is 19.3 Å². The number of hydrogen-bond acceptors (Lipinski definition) is 10. The van der Waals surface area contributed by atoms with Crippen molar-refractivity contribution in [1.82, 2.24) is 10.2 Å². The quantitative estimate of drug-likeness (QED) is 0.148. The molecule has 3 aliphatic carbocycles. The number of aromatic hydroxyl groups is 1. The number of nitrogens with one attached hydrogen (secondary N) is 2. The van der Waals surface area contributed by atoms with E-state index in [4.69, 9.17) is 5.73 Å². The lowest BCUT2D eigenvalue weighted by Crippen LogP contribution is -2.65. The zero-order chi connectivity index (χ0) is 27.4. The van der Waals surface area contributed by atoms with E-state index in [9.17, 15) is 39.2 Å². The molecule has 0 spiro atoms. The molecule has 0 radical (unpaired) electrons. The molecule has 200 valence electrons. The van der Waals surface area contributed by atoms with E-state index in [1.807, 2.05) is 0 Å². The number of nitrogens with zero attached hydrogens (tertiary/aromatic N) is 1. The van der Waals surface area contributed by atoms with Gasteiger partial charge in [0.1, 0.15) is 29.5 Å². The molecule has 0 unspecified atom stereocenters. The minimum atomic E-state index is -2.69. The van der Waals surface area contributed by atoms with Crippen LogP contribution in [0.5, 0.6) is 5.75 Å². The van der Waals surface area contributed by atoms with Gasteiger partial charge in [0.15, 0.2) is 11.4 Å². The zero-order valence-electron chi connectivity index (χ0n) is 20.8. The van der Waals surface area contributed by atoms with Crippen LogP contribution in [0.2, 0.25) is 0 Å². The number of anilines is 1. The molecule has 4 atom stereocenters. The highest BCUT2D eigenvalue weighted by Gasteiger charge is 2.64. The fourth-order valence-corrected chi connectivity index (χ4v) is 6.01. The minimum absolute atomic E-state index is 0.00941. The van der Waals surface area contributed by atoms with Crippen LogP contribution in [0.3, 0.4) is 0 Å². The normalized spacial score (nSPS) is 27.2. The molecule has 3 aliphatic rings. The molecule has 0 aliphatic heterocycles. The second-order valence-electron chi connectivity index (χ2n) is 9.86. The molecular weight excluding hydrogens is 487 g/mol. The molecule has 1 aromatic carbocycles. The summed E-state index contributed by atoms with van der Waals surface area (Å²) in [6, 6.07) is 0.526. The van der Waals surface area contributed by atoms with Crippen molar-refractivity contribution in [2.24, 2.45) is 17.6 Å². The van der Waals surface area contributed by atoms with Crippen LogP contribution in [-0.2, 0) is 27.3 Å². The van der Waals surface area contributed by atoms with Gasteiger partial charge >= 0.3 is 0 Å². The number of rotatable bonds is 7. The van der Waals surface area contributed by atoms with Gasteiger partial charge in [-0.2, -0.15) is 0 Å². The Bertz CT molecular complexity index is 1260. The summed E-state index contributed by atoms with van der Waals surface area (Å²) in [5, 5.41) is 50.7. The maximum absolute atomic E-state index is 13.9. The Morgan fingerprint density at radius 1 is 1.27 bits per heavy atom. The lowest BCUT2D eigenvalue weighted by Gasteiger charge is -2.50. The number of amides is 1. The summed E-state index contributed by atoms with van der Waals surface area (Å²) in [7, 11) is 4.74. The largest absolute Gasteiger partial charge is 0.508 e. The van der Waals surface area contributed by atoms with E-state index in [1.165, 1.54) is 4.90 Å². The van der Waals surface area contributed by atoms with Crippen molar-refractivity contribution >= 4 is 28.9 Å². The summed E-state index contributed by atoms with van der Waals surface area (Å²) in [4.78, 5) is 40.5. The molecule has 12 heteroatoms. The average molecular weight is 519 g/mol. The molecular formula is C25H31FN4O7. The summed E-state index contributed by atoms with van der Waals surface area (Å²) >= 11 is 0. The highest BCUT2D eigenvalue weighted by molar-refractivity contribution is 6.24. The summed E-state index contributed by atoms with van der Waals surface area (Å²) in [6.45, 7) is -0.481. The van der Waals surface area contributed by atoms with Crippen molar-refractivity contribution in [3.8, 4) is 5.75 Å². The number of nitrogens with two attached hydrogens (primary N) is 1. The molecule has 0 bridgehead atoms. The van der Waals surface area contributed by atoms with E-state index in [-0.39, 0.29) is 42.8 Å². The number of carbonyl (C=O) groups excluding carboxylic acids is 3. The Labute approximate surface area is 212 Å². The fourth-order valence-electron chi connectivity index (χ4n) is 6.01. The van der Waals surface area contributed by atoms with Crippen LogP contribution in [0.4, 0.5) is 10.1 Å². The molecule has 8 N–H and O–H groups in total. The van der Waals surface area contributed by atoms with Crippen molar-refractivity contribution in [1.29, 1.82) is 0 Å². The molecule has 1 aromatic rings. The van der Waals surface area contributed by atoms with Gasteiger partial charge in [0.05, 0.1) is 11.6 Å². The lowest BCUT2D eigenvalue weighted by molar-refractivity contribution is -0.153. The molecule has 37 heavy (non-hydrogen) atoms. The van der Waals surface area contributed by atoms with Gasteiger partial charge in [-0.25, -0.2) is 4.39 Å². The number of halogens is 1. The van der Waals surface area contributed by atoms with Crippen LogP contribution in [-0.4, -0.2) is 88.8 Å². The first-order valence-electron chi connectivity index (χ1n) is 11.9. The number of benzene rings is 1. The van der Waals surface area contributed by atoms with Crippen molar-refractivity contribution in [2.75, 3.05) is 39.7 Å². The van der Waals surface area contributed by atoms with Crippen LogP contribution in [0.15, 0.2) is 23.0 Å². The summed E-state index contributed by atoms with van der Waals surface area (Å²) < 4.78 is 12.6. The van der Waals surface area contributed by atoms with Gasteiger partial charge in [0, 0.05) is 42.9 Å². The Kier molecular flexibility index (Phi) is 6.78. The van der Waals surface area contributed by atoms with E-state index >= 15 is 0 Å². The van der Waals surface area contributed by atoms with E-state index in [2.05, 4.69) is 10.6 Å². The second kappa shape index (κ2) is 9.43. The molecule has 11 nitrogen and oxygen atoms in total. The summed E-state index contributed by atoms with van der Waals surface area (Å²) in [6.07, 6.45) is 0.186. The number of ketones is 2. The highest BCUT2D eigenvalue weighted by atomic mass is 19.1. The van der Waals surface area contributed by atoms with E-state index < -0.39 is 64.7 Å². The number of Topliss-reactive ketones (excluding diaryl/α,β-unsaturated/α-hetero) is 2. The van der Waals surface area contributed by atoms with Crippen molar-refractivity contribution in [3.05, 3.63) is 39.7 Å². The average Bonchev–Trinajstić information content (AvgIpc) is 2.82. The molecule has 1 fully saturated rings.